The molecule has 15 heteroatoms. The smallest absolute Gasteiger partial charge is 0.274 e. The number of carbonyl (C=O) groups is 1. The SMILES string of the molecule is Cc1c(C(=O)N2CCOCC2)nn(-c2ccc(F)cc2)c1Oc1ccc([N+](=O)[O-])cc1S(=O)(=O)N1CCOCC1. The molecule has 2 aliphatic rings. The summed E-state index contributed by atoms with van der Waals surface area (Å²) in [6.07, 6.45) is 0. The number of aromatic nitrogens is 2. The molecule has 0 aliphatic carbocycles. The lowest BCUT2D eigenvalue weighted by atomic mass is 10.2. The van der Waals surface area contributed by atoms with Gasteiger partial charge in [0.2, 0.25) is 15.9 Å². The molecule has 0 radical (unpaired) electrons. The topological polar surface area (TPSA) is 146 Å². The van der Waals surface area contributed by atoms with Gasteiger partial charge in [-0.1, -0.05) is 0 Å². The summed E-state index contributed by atoms with van der Waals surface area (Å²) in [4.78, 5) is 25.3. The molecule has 2 aromatic carbocycles. The fourth-order valence-corrected chi connectivity index (χ4v) is 5.94. The largest absolute Gasteiger partial charge is 0.437 e. The fourth-order valence-electron chi connectivity index (χ4n) is 4.40. The molecule has 3 heterocycles. The molecule has 40 heavy (non-hydrogen) atoms. The third-order valence-corrected chi connectivity index (χ3v) is 8.49. The van der Waals surface area contributed by atoms with Crippen molar-refractivity contribution in [2.45, 2.75) is 11.8 Å². The monoisotopic (exact) mass is 575 g/mol. The summed E-state index contributed by atoms with van der Waals surface area (Å²) in [6.45, 7) is 3.55. The van der Waals surface area contributed by atoms with Gasteiger partial charge in [0.1, 0.15) is 16.5 Å². The summed E-state index contributed by atoms with van der Waals surface area (Å²) in [5, 5.41) is 16.0. The summed E-state index contributed by atoms with van der Waals surface area (Å²) in [7, 11) is -4.24. The second-order valence-corrected chi connectivity index (χ2v) is 11.0. The molecular formula is C25H26FN5O8S. The third kappa shape index (κ3) is 5.40. The van der Waals surface area contributed by atoms with Crippen molar-refractivity contribution in [2.75, 3.05) is 52.6 Å². The first-order valence-electron chi connectivity index (χ1n) is 12.4. The molecule has 0 atom stereocenters. The Morgan fingerprint density at radius 3 is 2.27 bits per heavy atom. The number of amides is 1. The van der Waals surface area contributed by atoms with E-state index in [0.717, 1.165) is 12.1 Å². The Kier molecular flexibility index (Phi) is 7.80. The first kappa shape index (κ1) is 27.6. The summed E-state index contributed by atoms with van der Waals surface area (Å²) >= 11 is 0. The highest BCUT2D eigenvalue weighted by atomic mass is 32.2. The number of nitro benzene ring substituents is 1. The maximum absolute atomic E-state index is 13.7. The van der Waals surface area contributed by atoms with Gasteiger partial charge in [0.25, 0.3) is 11.6 Å². The zero-order valence-corrected chi connectivity index (χ0v) is 22.3. The van der Waals surface area contributed by atoms with Crippen LogP contribution in [0.1, 0.15) is 16.1 Å². The Labute approximate surface area is 228 Å². The van der Waals surface area contributed by atoms with Crippen LogP contribution < -0.4 is 4.74 Å². The van der Waals surface area contributed by atoms with Crippen LogP contribution >= 0.6 is 0 Å². The van der Waals surface area contributed by atoms with Crippen molar-refractivity contribution < 1.29 is 36.7 Å². The number of benzene rings is 2. The summed E-state index contributed by atoms with van der Waals surface area (Å²) in [5.74, 6) is -1.07. The molecular weight excluding hydrogens is 549 g/mol. The molecule has 1 aromatic heterocycles. The number of non-ortho nitro benzene ring substituents is 1. The first-order valence-corrected chi connectivity index (χ1v) is 13.9. The Morgan fingerprint density at radius 2 is 1.65 bits per heavy atom. The summed E-state index contributed by atoms with van der Waals surface area (Å²) in [6, 6.07) is 8.53. The Bertz CT molecular complexity index is 1530. The predicted molar refractivity (Wildman–Crippen MR) is 138 cm³/mol. The van der Waals surface area contributed by atoms with Crippen molar-refractivity contribution in [3.8, 4) is 17.3 Å². The van der Waals surface area contributed by atoms with Gasteiger partial charge in [-0.15, -0.1) is 0 Å². The second-order valence-electron chi connectivity index (χ2n) is 9.08. The van der Waals surface area contributed by atoms with Crippen LogP contribution in [0.2, 0.25) is 0 Å². The highest BCUT2D eigenvalue weighted by Crippen LogP contribution is 2.37. The molecule has 2 fully saturated rings. The van der Waals surface area contributed by atoms with Crippen molar-refractivity contribution in [1.29, 1.82) is 0 Å². The van der Waals surface area contributed by atoms with Crippen LogP contribution in [-0.4, -0.2) is 90.8 Å². The van der Waals surface area contributed by atoms with Crippen LogP contribution in [0.25, 0.3) is 5.69 Å². The van der Waals surface area contributed by atoms with Crippen LogP contribution in [0.3, 0.4) is 0 Å². The van der Waals surface area contributed by atoms with Gasteiger partial charge in [0.15, 0.2) is 5.69 Å². The van der Waals surface area contributed by atoms with Crippen LogP contribution in [0.15, 0.2) is 47.4 Å². The molecule has 0 unspecified atom stereocenters. The number of nitro groups is 1. The molecule has 0 saturated carbocycles. The maximum atomic E-state index is 13.7. The van der Waals surface area contributed by atoms with Crippen LogP contribution in [0.4, 0.5) is 10.1 Å². The molecule has 0 N–H and O–H groups in total. The number of ether oxygens (including phenoxy) is 3. The molecule has 0 spiro atoms. The van der Waals surface area contributed by atoms with Crippen molar-refractivity contribution in [1.82, 2.24) is 19.0 Å². The van der Waals surface area contributed by atoms with E-state index in [1.165, 1.54) is 39.3 Å². The van der Waals surface area contributed by atoms with E-state index in [0.29, 0.717) is 37.6 Å². The molecule has 1 amide bonds. The van der Waals surface area contributed by atoms with Crippen LogP contribution in [-0.2, 0) is 19.5 Å². The molecule has 0 bridgehead atoms. The third-order valence-electron chi connectivity index (χ3n) is 6.57. The number of hydrogen-bond donors (Lipinski definition) is 0. The number of sulfonamides is 1. The van der Waals surface area contributed by atoms with Crippen LogP contribution in [0, 0.1) is 22.9 Å². The van der Waals surface area contributed by atoms with Gasteiger partial charge in [0.05, 0.1) is 37.0 Å². The summed E-state index contributed by atoms with van der Waals surface area (Å²) in [5.41, 5.74) is 0.265. The predicted octanol–water partition coefficient (Wildman–Crippen LogP) is 2.51. The molecule has 2 saturated heterocycles. The van der Waals surface area contributed by atoms with Gasteiger partial charge >= 0.3 is 0 Å². The average Bonchev–Trinajstić information content (AvgIpc) is 3.29. The highest BCUT2D eigenvalue weighted by Gasteiger charge is 2.33. The number of rotatable bonds is 7. The van der Waals surface area contributed by atoms with E-state index in [-0.39, 0.29) is 49.5 Å². The molecule has 2 aliphatic heterocycles. The van der Waals surface area contributed by atoms with Crippen molar-refractivity contribution in [3.05, 3.63) is 69.7 Å². The fraction of sp³-hybridized carbons (Fsp3) is 0.360. The van der Waals surface area contributed by atoms with E-state index < -0.39 is 31.3 Å². The standard InChI is InChI=1S/C25H26FN5O8S/c1-17-23(24(32)28-8-12-37-13-9-28)27-30(19-4-2-18(26)3-5-19)25(17)39-21-7-6-20(31(33)34)16-22(21)40(35,36)29-10-14-38-15-11-29/h2-7,16H,8-15H2,1H3. The van der Waals surface area contributed by atoms with Gasteiger partial charge < -0.3 is 19.1 Å². The molecule has 5 rings (SSSR count). The lowest BCUT2D eigenvalue weighted by Crippen LogP contribution is -2.41. The lowest BCUT2D eigenvalue weighted by molar-refractivity contribution is -0.385. The van der Waals surface area contributed by atoms with E-state index in [9.17, 15) is 27.7 Å². The van der Waals surface area contributed by atoms with Crippen molar-refractivity contribution in [2.24, 2.45) is 0 Å². The highest BCUT2D eigenvalue weighted by molar-refractivity contribution is 7.89. The molecule has 13 nitrogen and oxygen atoms in total. The quantitative estimate of drug-likeness (QED) is 0.306. The minimum Gasteiger partial charge on any atom is -0.437 e. The van der Waals surface area contributed by atoms with Gasteiger partial charge in [-0.25, -0.2) is 12.8 Å². The van der Waals surface area contributed by atoms with Gasteiger partial charge in [-0.3, -0.25) is 14.9 Å². The van der Waals surface area contributed by atoms with Crippen molar-refractivity contribution >= 4 is 21.6 Å². The molecule has 3 aromatic rings. The van der Waals surface area contributed by atoms with Crippen LogP contribution in [0.5, 0.6) is 11.6 Å². The van der Waals surface area contributed by atoms with Gasteiger partial charge in [-0.05, 0) is 37.3 Å². The number of halogens is 1. The van der Waals surface area contributed by atoms with Crippen molar-refractivity contribution in [3.63, 3.8) is 0 Å². The zero-order chi connectivity index (χ0) is 28.4. The number of morpholine rings is 2. The van der Waals surface area contributed by atoms with E-state index in [4.69, 9.17) is 14.2 Å². The summed E-state index contributed by atoms with van der Waals surface area (Å²) < 4.78 is 60.1. The van der Waals surface area contributed by atoms with E-state index in [1.807, 2.05) is 0 Å². The minimum atomic E-state index is -4.24. The first-order chi connectivity index (χ1) is 19.2. The van der Waals surface area contributed by atoms with E-state index in [2.05, 4.69) is 5.10 Å². The average molecular weight is 576 g/mol. The number of nitrogens with zero attached hydrogens (tertiary/aromatic N) is 5. The number of carbonyl (C=O) groups excluding carboxylic acids is 1. The minimum absolute atomic E-state index is 0.00417. The van der Waals surface area contributed by atoms with Gasteiger partial charge in [-0.2, -0.15) is 14.1 Å². The Balaban J connectivity index is 1.62. The Morgan fingerprint density at radius 1 is 1.02 bits per heavy atom. The lowest BCUT2D eigenvalue weighted by Gasteiger charge is -2.26. The maximum Gasteiger partial charge on any atom is 0.274 e. The zero-order valence-electron chi connectivity index (χ0n) is 21.5. The van der Waals surface area contributed by atoms with E-state index in [1.54, 1.807) is 11.8 Å². The Hall–Kier alpha value is -3.92. The van der Waals surface area contributed by atoms with E-state index >= 15 is 0 Å². The normalized spacial score (nSPS) is 16.6. The van der Waals surface area contributed by atoms with Gasteiger partial charge in [0, 0.05) is 43.9 Å². The second kappa shape index (κ2) is 11.3. The molecule has 212 valence electrons. The number of hydrogen-bond acceptors (Lipinski definition) is 9.